The quantitative estimate of drug-likeness (QED) is 0.343. The van der Waals surface area contributed by atoms with E-state index < -0.39 is 23.4 Å². The molecule has 0 aliphatic rings. The molecule has 0 atom stereocenters. The summed E-state index contributed by atoms with van der Waals surface area (Å²) >= 11 is 3.31. The molecule has 2 rings (SSSR count). The summed E-state index contributed by atoms with van der Waals surface area (Å²) in [5, 5.41) is 13.2. The highest BCUT2D eigenvalue weighted by atomic mass is 79.9. The highest BCUT2D eigenvalue weighted by Crippen LogP contribution is 2.22. The van der Waals surface area contributed by atoms with E-state index >= 15 is 0 Å². The number of carbonyl (C=O) groups is 2. The van der Waals surface area contributed by atoms with Crippen molar-refractivity contribution in [3.05, 3.63) is 74.8 Å². The highest BCUT2D eigenvalue weighted by Gasteiger charge is 2.15. The molecule has 0 saturated heterocycles. The van der Waals surface area contributed by atoms with Crippen molar-refractivity contribution in [1.82, 2.24) is 0 Å². The summed E-state index contributed by atoms with van der Waals surface area (Å²) in [6.07, 6.45) is 2.75. The molecule has 8 heteroatoms. The molecule has 0 radical (unpaired) electrons. The summed E-state index contributed by atoms with van der Waals surface area (Å²) in [5.74, 6) is -1.36. The molecule has 0 aliphatic carbocycles. The molecule has 0 bridgehead atoms. The number of para-hydroxylation sites is 2. The van der Waals surface area contributed by atoms with Crippen molar-refractivity contribution in [2.75, 3.05) is 11.9 Å². The summed E-state index contributed by atoms with van der Waals surface area (Å²) in [7, 11) is 0. The van der Waals surface area contributed by atoms with Crippen LogP contribution < -0.4 is 5.32 Å². The number of ether oxygens (including phenoxy) is 1. The van der Waals surface area contributed by atoms with Crippen molar-refractivity contribution in [1.29, 1.82) is 0 Å². The molecule has 25 heavy (non-hydrogen) atoms. The van der Waals surface area contributed by atoms with E-state index in [1.807, 2.05) is 12.1 Å². The fourth-order valence-corrected chi connectivity index (χ4v) is 2.11. The fourth-order valence-electron chi connectivity index (χ4n) is 1.85. The van der Waals surface area contributed by atoms with Gasteiger partial charge in [0.1, 0.15) is 5.69 Å². The Bertz CT molecular complexity index is 818. The molecule has 0 fully saturated rings. The third kappa shape index (κ3) is 5.85. The van der Waals surface area contributed by atoms with Crippen LogP contribution in [-0.4, -0.2) is 23.4 Å². The summed E-state index contributed by atoms with van der Waals surface area (Å²) in [6, 6.07) is 12.9. The van der Waals surface area contributed by atoms with Crippen molar-refractivity contribution >= 4 is 45.3 Å². The van der Waals surface area contributed by atoms with Gasteiger partial charge in [-0.25, -0.2) is 4.79 Å². The smallest absolute Gasteiger partial charge is 0.331 e. The third-order valence-electron chi connectivity index (χ3n) is 3.00. The average Bonchev–Trinajstić information content (AvgIpc) is 2.59. The van der Waals surface area contributed by atoms with Crippen molar-refractivity contribution in [2.24, 2.45) is 0 Å². The second kappa shape index (κ2) is 8.74. The van der Waals surface area contributed by atoms with Gasteiger partial charge in [-0.2, -0.15) is 0 Å². The van der Waals surface area contributed by atoms with Crippen LogP contribution in [-0.2, 0) is 14.3 Å². The number of nitrogens with one attached hydrogen (secondary N) is 1. The predicted octanol–water partition coefficient (Wildman–Crippen LogP) is 3.55. The lowest BCUT2D eigenvalue weighted by Crippen LogP contribution is -2.20. The summed E-state index contributed by atoms with van der Waals surface area (Å²) in [4.78, 5) is 33.6. The number of halogens is 1. The number of carbonyl (C=O) groups excluding carboxylic acids is 2. The lowest BCUT2D eigenvalue weighted by molar-refractivity contribution is -0.383. The maximum absolute atomic E-state index is 11.8. The summed E-state index contributed by atoms with van der Waals surface area (Å²) < 4.78 is 5.72. The first-order valence-electron chi connectivity index (χ1n) is 7.09. The van der Waals surface area contributed by atoms with Crippen molar-refractivity contribution in [3.8, 4) is 0 Å². The molecule has 2 aromatic carbocycles. The Morgan fingerprint density at radius 2 is 1.84 bits per heavy atom. The van der Waals surface area contributed by atoms with Crippen LogP contribution in [0.25, 0.3) is 6.08 Å². The lowest BCUT2D eigenvalue weighted by Gasteiger charge is -2.05. The standard InChI is InChI=1S/C17H13BrN2O5/c18-13-8-5-12(6-9-13)7-10-17(22)25-11-16(21)19-14-3-1-2-4-15(14)20(23)24/h1-10H,11H2,(H,19,21)/b10-7+. The van der Waals surface area contributed by atoms with Gasteiger partial charge in [0.15, 0.2) is 6.61 Å². The molecular weight excluding hydrogens is 392 g/mol. The zero-order chi connectivity index (χ0) is 18.2. The Kier molecular flexibility index (Phi) is 6.41. The van der Waals surface area contributed by atoms with E-state index in [0.29, 0.717) is 0 Å². The highest BCUT2D eigenvalue weighted by molar-refractivity contribution is 9.10. The van der Waals surface area contributed by atoms with Crippen LogP contribution in [0.1, 0.15) is 5.56 Å². The molecule has 2 aromatic rings. The number of nitro benzene ring substituents is 1. The van der Waals surface area contributed by atoms with Gasteiger partial charge in [-0.1, -0.05) is 40.2 Å². The molecule has 0 spiro atoms. The summed E-state index contributed by atoms with van der Waals surface area (Å²) in [6.45, 7) is -0.546. The zero-order valence-corrected chi connectivity index (χ0v) is 14.4. The number of benzene rings is 2. The maximum atomic E-state index is 11.8. The Labute approximate surface area is 151 Å². The van der Waals surface area contributed by atoms with E-state index in [0.717, 1.165) is 10.0 Å². The topological polar surface area (TPSA) is 98.5 Å². The predicted molar refractivity (Wildman–Crippen MR) is 95.9 cm³/mol. The molecule has 7 nitrogen and oxygen atoms in total. The van der Waals surface area contributed by atoms with Gasteiger partial charge in [-0.05, 0) is 29.8 Å². The third-order valence-corrected chi connectivity index (χ3v) is 3.53. The Balaban J connectivity index is 1.86. The molecule has 0 saturated carbocycles. The second-order valence-corrected chi connectivity index (χ2v) is 5.73. The Morgan fingerprint density at radius 1 is 1.16 bits per heavy atom. The monoisotopic (exact) mass is 404 g/mol. The fraction of sp³-hybridized carbons (Fsp3) is 0.0588. The summed E-state index contributed by atoms with van der Waals surface area (Å²) in [5.41, 5.74) is 0.598. The van der Waals surface area contributed by atoms with Gasteiger partial charge in [-0.3, -0.25) is 14.9 Å². The van der Waals surface area contributed by atoms with E-state index in [1.165, 1.54) is 24.3 Å². The minimum Gasteiger partial charge on any atom is -0.452 e. The van der Waals surface area contributed by atoms with Gasteiger partial charge in [0.2, 0.25) is 0 Å². The van der Waals surface area contributed by atoms with E-state index in [2.05, 4.69) is 21.2 Å². The van der Waals surface area contributed by atoms with Crippen LogP contribution in [0.3, 0.4) is 0 Å². The molecule has 1 N–H and O–H groups in total. The molecule has 0 aliphatic heterocycles. The van der Waals surface area contributed by atoms with E-state index in [1.54, 1.807) is 24.3 Å². The minimum atomic E-state index is -0.694. The largest absolute Gasteiger partial charge is 0.452 e. The first-order valence-corrected chi connectivity index (χ1v) is 7.88. The number of hydrogen-bond donors (Lipinski definition) is 1. The minimum absolute atomic E-state index is 0.0407. The van der Waals surface area contributed by atoms with Crippen LogP contribution in [0.5, 0.6) is 0 Å². The van der Waals surface area contributed by atoms with Crippen LogP contribution in [0.2, 0.25) is 0 Å². The molecule has 0 heterocycles. The number of hydrogen-bond acceptors (Lipinski definition) is 5. The molecule has 1 amide bonds. The number of amides is 1. The number of esters is 1. The van der Waals surface area contributed by atoms with E-state index in [-0.39, 0.29) is 11.4 Å². The molecule has 128 valence electrons. The van der Waals surface area contributed by atoms with Crippen molar-refractivity contribution < 1.29 is 19.2 Å². The van der Waals surface area contributed by atoms with Crippen LogP contribution >= 0.6 is 15.9 Å². The maximum Gasteiger partial charge on any atom is 0.331 e. The van der Waals surface area contributed by atoms with Crippen LogP contribution in [0, 0.1) is 10.1 Å². The SMILES string of the molecule is O=C(COC(=O)/C=C/c1ccc(Br)cc1)Nc1ccccc1[N+](=O)[O-]. The first-order chi connectivity index (χ1) is 12.0. The number of nitrogens with zero attached hydrogens (tertiary/aromatic N) is 1. The molecular formula is C17H13BrN2O5. The van der Waals surface area contributed by atoms with E-state index in [9.17, 15) is 19.7 Å². The zero-order valence-electron chi connectivity index (χ0n) is 12.8. The lowest BCUT2D eigenvalue weighted by atomic mass is 10.2. The van der Waals surface area contributed by atoms with Crippen molar-refractivity contribution in [2.45, 2.75) is 0 Å². The molecule has 0 aromatic heterocycles. The first kappa shape index (κ1) is 18.3. The average molecular weight is 405 g/mol. The van der Waals surface area contributed by atoms with Crippen LogP contribution in [0.4, 0.5) is 11.4 Å². The number of nitro groups is 1. The van der Waals surface area contributed by atoms with Crippen molar-refractivity contribution in [3.63, 3.8) is 0 Å². The Hall–Kier alpha value is -3.00. The van der Waals surface area contributed by atoms with Gasteiger partial charge in [0.05, 0.1) is 4.92 Å². The number of rotatable bonds is 6. The number of anilines is 1. The van der Waals surface area contributed by atoms with Crippen LogP contribution in [0.15, 0.2) is 59.1 Å². The van der Waals surface area contributed by atoms with E-state index in [4.69, 9.17) is 4.74 Å². The normalized spacial score (nSPS) is 10.4. The second-order valence-electron chi connectivity index (χ2n) is 4.82. The van der Waals surface area contributed by atoms with Gasteiger partial charge in [0, 0.05) is 16.6 Å². The van der Waals surface area contributed by atoms with Gasteiger partial charge >= 0.3 is 5.97 Å². The van der Waals surface area contributed by atoms with Gasteiger partial charge in [0.25, 0.3) is 11.6 Å². The Morgan fingerprint density at radius 3 is 2.52 bits per heavy atom. The van der Waals surface area contributed by atoms with Gasteiger partial charge in [-0.15, -0.1) is 0 Å². The molecule has 0 unspecified atom stereocenters. The van der Waals surface area contributed by atoms with Gasteiger partial charge < -0.3 is 10.1 Å².